The minimum Gasteiger partial charge on any atom is -0.379 e. The number of ether oxygens (including phenoxy) is 1. The Balaban J connectivity index is 1.56. The maximum absolute atomic E-state index is 13.3. The van der Waals surface area contributed by atoms with E-state index in [0.29, 0.717) is 22.8 Å². The molecule has 0 saturated carbocycles. The normalized spacial score (nSPS) is 17.5. The van der Waals surface area contributed by atoms with E-state index in [0.717, 1.165) is 56.1 Å². The standard InChI is InChI=1S/C24H26ClN3O3/c1-17-16-19(25)8-9-20(17)26-22-21(18-6-3-2-4-7-18)23(29)28(24(22)30)11-5-10-27-12-14-31-15-13-27/h2-4,6-9,16,26H,5,10-15H2,1H3. The number of halogens is 1. The lowest BCUT2D eigenvalue weighted by molar-refractivity contribution is -0.136. The highest BCUT2D eigenvalue weighted by Crippen LogP contribution is 2.31. The zero-order valence-corrected chi connectivity index (χ0v) is 18.3. The van der Waals surface area contributed by atoms with Crippen molar-refractivity contribution in [3.8, 4) is 0 Å². The molecule has 2 heterocycles. The van der Waals surface area contributed by atoms with Crippen LogP contribution in [0.3, 0.4) is 0 Å². The van der Waals surface area contributed by atoms with Crippen molar-refractivity contribution in [3.05, 3.63) is 70.4 Å². The highest BCUT2D eigenvalue weighted by Gasteiger charge is 2.39. The molecule has 1 fully saturated rings. The minimum atomic E-state index is -0.291. The SMILES string of the molecule is Cc1cc(Cl)ccc1NC1=C(c2ccccc2)C(=O)N(CCCN2CCOCC2)C1=O. The highest BCUT2D eigenvalue weighted by molar-refractivity contribution is 6.36. The second-order valence-electron chi connectivity index (χ2n) is 7.77. The molecule has 2 aromatic rings. The summed E-state index contributed by atoms with van der Waals surface area (Å²) in [5.74, 6) is -0.549. The molecule has 6 nitrogen and oxygen atoms in total. The van der Waals surface area contributed by atoms with E-state index in [1.807, 2.05) is 49.4 Å². The van der Waals surface area contributed by atoms with Crippen LogP contribution in [-0.4, -0.2) is 61.0 Å². The summed E-state index contributed by atoms with van der Waals surface area (Å²) in [7, 11) is 0. The topological polar surface area (TPSA) is 61.9 Å². The first-order valence-electron chi connectivity index (χ1n) is 10.5. The van der Waals surface area contributed by atoms with Crippen molar-refractivity contribution in [3.63, 3.8) is 0 Å². The van der Waals surface area contributed by atoms with Crippen LogP contribution in [0, 0.1) is 6.92 Å². The zero-order chi connectivity index (χ0) is 21.8. The van der Waals surface area contributed by atoms with Crippen molar-refractivity contribution in [2.45, 2.75) is 13.3 Å². The van der Waals surface area contributed by atoms with E-state index in [4.69, 9.17) is 16.3 Å². The first-order chi connectivity index (χ1) is 15.0. The number of aryl methyl sites for hydroxylation is 1. The van der Waals surface area contributed by atoms with Gasteiger partial charge in [-0.3, -0.25) is 19.4 Å². The summed E-state index contributed by atoms with van der Waals surface area (Å²) in [5, 5.41) is 3.84. The van der Waals surface area contributed by atoms with Gasteiger partial charge in [-0.25, -0.2) is 0 Å². The summed E-state index contributed by atoms with van der Waals surface area (Å²) in [6.45, 7) is 6.37. The first kappa shape index (κ1) is 21.6. The summed E-state index contributed by atoms with van der Waals surface area (Å²) < 4.78 is 5.38. The van der Waals surface area contributed by atoms with Crippen LogP contribution in [0.25, 0.3) is 5.57 Å². The van der Waals surface area contributed by atoms with Gasteiger partial charge in [0.05, 0.1) is 18.8 Å². The van der Waals surface area contributed by atoms with Crippen molar-refractivity contribution in [2.75, 3.05) is 44.7 Å². The maximum Gasteiger partial charge on any atom is 0.278 e. The van der Waals surface area contributed by atoms with Crippen LogP contribution in [0.5, 0.6) is 0 Å². The lowest BCUT2D eigenvalue weighted by Crippen LogP contribution is -2.39. The molecule has 2 aliphatic heterocycles. The van der Waals surface area contributed by atoms with E-state index in [1.165, 1.54) is 4.90 Å². The summed E-state index contributed by atoms with van der Waals surface area (Å²) in [6, 6.07) is 14.8. The number of morpholine rings is 1. The van der Waals surface area contributed by atoms with Crippen molar-refractivity contribution in [2.24, 2.45) is 0 Å². The van der Waals surface area contributed by atoms with Crippen LogP contribution in [-0.2, 0) is 14.3 Å². The Labute approximate surface area is 187 Å². The second kappa shape index (κ2) is 9.64. The number of nitrogens with one attached hydrogen (secondary N) is 1. The molecular weight excluding hydrogens is 414 g/mol. The van der Waals surface area contributed by atoms with Gasteiger partial charge >= 0.3 is 0 Å². The Morgan fingerprint density at radius 3 is 2.45 bits per heavy atom. The third-order valence-corrected chi connectivity index (χ3v) is 5.87. The molecule has 2 aromatic carbocycles. The molecule has 0 aromatic heterocycles. The number of rotatable bonds is 7. The van der Waals surface area contributed by atoms with Gasteiger partial charge in [-0.05, 0) is 42.7 Å². The van der Waals surface area contributed by atoms with Gasteiger partial charge in [0.25, 0.3) is 11.8 Å². The fourth-order valence-electron chi connectivity index (χ4n) is 3.95. The van der Waals surface area contributed by atoms with Crippen molar-refractivity contribution in [1.29, 1.82) is 0 Å². The lowest BCUT2D eigenvalue weighted by Gasteiger charge is -2.27. The van der Waals surface area contributed by atoms with Crippen LogP contribution in [0.4, 0.5) is 5.69 Å². The van der Waals surface area contributed by atoms with Gasteiger partial charge in [-0.1, -0.05) is 41.9 Å². The number of carbonyl (C=O) groups excluding carboxylic acids is 2. The number of benzene rings is 2. The lowest BCUT2D eigenvalue weighted by atomic mass is 10.0. The molecular formula is C24H26ClN3O3. The van der Waals surface area contributed by atoms with Crippen LogP contribution in [0.2, 0.25) is 5.02 Å². The Kier molecular flexibility index (Phi) is 6.70. The Hall–Kier alpha value is -2.67. The number of imide groups is 1. The van der Waals surface area contributed by atoms with Gasteiger partial charge in [-0.2, -0.15) is 0 Å². The quantitative estimate of drug-likeness (QED) is 0.668. The molecule has 2 amide bonds. The maximum atomic E-state index is 13.3. The largest absolute Gasteiger partial charge is 0.379 e. The van der Waals surface area contributed by atoms with Crippen molar-refractivity contribution in [1.82, 2.24) is 9.80 Å². The fraction of sp³-hybridized carbons (Fsp3) is 0.333. The molecule has 7 heteroatoms. The number of hydrogen-bond acceptors (Lipinski definition) is 5. The summed E-state index contributed by atoms with van der Waals surface area (Å²) in [6.07, 6.45) is 0.729. The molecule has 0 atom stereocenters. The molecule has 31 heavy (non-hydrogen) atoms. The highest BCUT2D eigenvalue weighted by atomic mass is 35.5. The Morgan fingerprint density at radius 2 is 1.74 bits per heavy atom. The van der Waals surface area contributed by atoms with E-state index in [9.17, 15) is 9.59 Å². The zero-order valence-electron chi connectivity index (χ0n) is 17.6. The van der Waals surface area contributed by atoms with Gasteiger partial charge in [0, 0.05) is 36.9 Å². The van der Waals surface area contributed by atoms with Gasteiger partial charge in [0.15, 0.2) is 0 Å². The van der Waals surface area contributed by atoms with Crippen molar-refractivity contribution < 1.29 is 14.3 Å². The number of anilines is 1. The molecule has 0 radical (unpaired) electrons. The molecule has 2 aliphatic rings. The molecule has 1 N–H and O–H groups in total. The molecule has 162 valence electrons. The van der Waals surface area contributed by atoms with Crippen LogP contribution >= 0.6 is 11.6 Å². The van der Waals surface area contributed by atoms with Gasteiger partial charge in [0.1, 0.15) is 5.70 Å². The summed E-state index contributed by atoms with van der Waals surface area (Å²) in [5.41, 5.74) is 3.10. The predicted molar refractivity (Wildman–Crippen MR) is 122 cm³/mol. The second-order valence-corrected chi connectivity index (χ2v) is 8.21. The van der Waals surface area contributed by atoms with Crippen LogP contribution in [0.15, 0.2) is 54.2 Å². The molecule has 4 rings (SSSR count). The monoisotopic (exact) mass is 439 g/mol. The molecule has 1 saturated heterocycles. The summed E-state index contributed by atoms with van der Waals surface area (Å²) >= 11 is 6.07. The summed E-state index contributed by atoms with van der Waals surface area (Å²) in [4.78, 5) is 30.2. The Morgan fingerprint density at radius 1 is 1.00 bits per heavy atom. The number of amides is 2. The first-order valence-corrected chi connectivity index (χ1v) is 10.9. The van der Waals surface area contributed by atoms with Gasteiger partial charge < -0.3 is 10.1 Å². The van der Waals surface area contributed by atoms with Gasteiger partial charge in [-0.15, -0.1) is 0 Å². The molecule has 0 aliphatic carbocycles. The number of carbonyl (C=O) groups is 2. The predicted octanol–water partition coefficient (Wildman–Crippen LogP) is 3.56. The van der Waals surface area contributed by atoms with Crippen molar-refractivity contribution >= 4 is 34.7 Å². The fourth-order valence-corrected chi connectivity index (χ4v) is 4.17. The van der Waals surface area contributed by atoms with E-state index in [1.54, 1.807) is 6.07 Å². The number of nitrogens with zero attached hydrogens (tertiary/aromatic N) is 2. The van der Waals surface area contributed by atoms with E-state index >= 15 is 0 Å². The minimum absolute atomic E-state index is 0.257. The number of hydrogen-bond donors (Lipinski definition) is 1. The average Bonchev–Trinajstić information content (AvgIpc) is 3.01. The van der Waals surface area contributed by atoms with E-state index in [2.05, 4.69) is 10.2 Å². The molecule has 0 bridgehead atoms. The molecule has 0 spiro atoms. The Bertz CT molecular complexity index is 1000. The third-order valence-electron chi connectivity index (χ3n) is 5.64. The average molecular weight is 440 g/mol. The smallest absolute Gasteiger partial charge is 0.278 e. The third kappa shape index (κ3) is 4.82. The molecule has 0 unspecified atom stereocenters. The van der Waals surface area contributed by atoms with Crippen LogP contribution in [0.1, 0.15) is 17.5 Å². The van der Waals surface area contributed by atoms with Gasteiger partial charge in [0.2, 0.25) is 0 Å². The van der Waals surface area contributed by atoms with E-state index in [-0.39, 0.29) is 11.8 Å². The van der Waals surface area contributed by atoms with E-state index < -0.39 is 0 Å². The van der Waals surface area contributed by atoms with Crippen LogP contribution < -0.4 is 5.32 Å².